The Morgan fingerprint density at radius 2 is 1.62 bits per heavy atom. The molecule has 5 rings (SSSR count). The van der Waals surface area contributed by atoms with Gasteiger partial charge in [-0.05, 0) is 31.0 Å². The minimum Gasteiger partial charge on any atom is -0.363 e. The lowest BCUT2D eigenvalue weighted by Crippen LogP contribution is -2.15. The predicted octanol–water partition coefficient (Wildman–Crippen LogP) is 5.45. The fourth-order valence-corrected chi connectivity index (χ4v) is 5.14. The lowest BCUT2D eigenvalue weighted by Gasteiger charge is -2.13. The first kappa shape index (κ1) is 15.7. The maximum Gasteiger partial charge on any atom is 0.194 e. The molecule has 3 aromatic carbocycles. The van der Waals surface area contributed by atoms with Gasteiger partial charge in [0.2, 0.25) is 0 Å². The second-order valence-corrected chi connectivity index (χ2v) is 7.71. The van der Waals surface area contributed by atoms with Crippen LogP contribution in [0.3, 0.4) is 0 Å². The van der Waals surface area contributed by atoms with E-state index < -0.39 is 11.6 Å². The molecule has 1 fully saturated rings. The fourth-order valence-electron chi connectivity index (χ4n) is 3.88. The topological polar surface area (TPSA) is 20.3 Å². The summed E-state index contributed by atoms with van der Waals surface area (Å²) in [6, 6.07) is 11.7. The van der Waals surface area contributed by atoms with E-state index in [-0.39, 0.29) is 16.2 Å². The van der Waals surface area contributed by atoms with Gasteiger partial charge in [-0.2, -0.15) is 0 Å². The summed E-state index contributed by atoms with van der Waals surface area (Å²) in [5.74, 6) is -1.88. The predicted molar refractivity (Wildman–Crippen MR) is 104 cm³/mol. The highest BCUT2D eigenvalue weighted by Gasteiger charge is 2.20. The van der Waals surface area contributed by atoms with E-state index in [1.807, 2.05) is 18.2 Å². The number of rotatable bonds is 1. The van der Waals surface area contributed by atoms with E-state index >= 15 is 0 Å². The van der Waals surface area contributed by atoms with Crippen molar-refractivity contribution in [2.75, 3.05) is 18.0 Å². The van der Waals surface area contributed by atoms with Gasteiger partial charge >= 0.3 is 0 Å². The van der Waals surface area contributed by atoms with E-state index in [9.17, 15) is 13.6 Å². The molecule has 0 amide bonds. The van der Waals surface area contributed by atoms with Gasteiger partial charge in [0, 0.05) is 44.7 Å². The van der Waals surface area contributed by atoms with E-state index in [0.29, 0.717) is 10.8 Å². The van der Waals surface area contributed by atoms with Crippen molar-refractivity contribution in [3.63, 3.8) is 0 Å². The minimum atomic E-state index is -0.948. The number of halogens is 2. The van der Waals surface area contributed by atoms with Crippen molar-refractivity contribution >= 4 is 48.0 Å². The Balaban J connectivity index is 2.06. The molecule has 0 N–H and O–H groups in total. The fraction of sp³-hybridized carbons (Fsp3) is 0.190. The molecule has 0 radical (unpaired) electrons. The normalized spacial score (nSPS) is 14.8. The van der Waals surface area contributed by atoms with Crippen LogP contribution in [0.15, 0.2) is 47.3 Å². The molecule has 0 atom stereocenters. The van der Waals surface area contributed by atoms with Gasteiger partial charge in [0.15, 0.2) is 17.1 Å². The Bertz CT molecular complexity index is 1240. The molecule has 0 aliphatic carbocycles. The van der Waals surface area contributed by atoms with Crippen LogP contribution in [0.1, 0.15) is 12.8 Å². The van der Waals surface area contributed by atoms with Gasteiger partial charge in [0.1, 0.15) is 0 Å². The zero-order valence-electron chi connectivity index (χ0n) is 13.9. The molecule has 5 heteroatoms. The summed E-state index contributed by atoms with van der Waals surface area (Å²) in [7, 11) is 0. The summed E-state index contributed by atoms with van der Waals surface area (Å²) in [5, 5.41) is 3.30. The highest BCUT2D eigenvalue weighted by Crippen LogP contribution is 2.40. The summed E-state index contributed by atoms with van der Waals surface area (Å²) in [6.07, 6.45) is 2.27. The molecule has 0 unspecified atom stereocenters. The third-order valence-corrected chi connectivity index (χ3v) is 6.39. The quantitative estimate of drug-likeness (QED) is 0.446. The summed E-state index contributed by atoms with van der Waals surface area (Å²) < 4.78 is 29.6. The molecule has 0 bridgehead atoms. The van der Waals surface area contributed by atoms with Crippen LogP contribution in [0.5, 0.6) is 0 Å². The summed E-state index contributed by atoms with van der Waals surface area (Å²) >= 11 is 1.55. The zero-order chi connectivity index (χ0) is 17.8. The third-order valence-electron chi connectivity index (χ3n) is 5.16. The van der Waals surface area contributed by atoms with E-state index in [1.54, 1.807) is 23.5 Å². The van der Waals surface area contributed by atoms with Gasteiger partial charge < -0.3 is 4.90 Å². The molecule has 0 saturated carbocycles. The van der Waals surface area contributed by atoms with Crippen LogP contribution in [0.2, 0.25) is 0 Å². The molecular formula is C21H15F2NOS. The monoisotopic (exact) mass is 367 g/mol. The average molecular weight is 367 g/mol. The Labute approximate surface area is 152 Å². The lowest BCUT2D eigenvalue weighted by molar-refractivity contribution is 0.517. The van der Waals surface area contributed by atoms with Gasteiger partial charge in [-0.25, -0.2) is 8.78 Å². The first-order chi connectivity index (χ1) is 12.6. The Kier molecular flexibility index (Phi) is 3.47. The highest BCUT2D eigenvalue weighted by molar-refractivity contribution is 7.23. The van der Waals surface area contributed by atoms with E-state index in [0.717, 1.165) is 47.1 Å². The molecule has 1 saturated heterocycles. The number of fused-ring (bicyclic) bond motifs is 5. The van der Waals surface area contributed by atoms with Crippen LogP contribution in [-0.4, -0.2) is 13.1 Å². The summed E-state index contributed by atoms with van der Waals surface area (Å²) in [5.41, 5.74) is -0.263. The van der Waals surface area contributed by atoms with Crippen molar-refractivity contribution in [3.8, 4) is 0 Å². The number of hydrogen-bond acceptors (Lipinski definition) is 3. The Morgan fingerprint density at radius 1 is 0.885 bits per heavy atom. The minimum absolute atomic E-state index is 0.0860. The molecule has 1 aromatic heterocycles. The highest BCUT2D eigenvalue weighted by atomic mass is 32.1. The number of benzene rings is 2. The molecule has 2 heterocycles. The Hall–Kier alpha value is -2.53. The van der Waals surface area contributed by atoms with E-state index in [2.05, 4.69) is 4.90 Å². The second-order valence-electron chi connectivity index (χ2n) is 6.68. The first-order valence-electron chi connectivity index (χ1n) is 8.66. The molecule has 130 valence electrons. The molecule has 1 aliphatic heterocycles. The maximum absolute atomic E-state index is 14.8. The van der Waals surface area contributed by atoms with Gasteiger partial charge in [-0.3, -0.25) is 4.79 Å². The van der Waals surface area contributed by atoms with Crippen molar-refractivity contribution < 1.29 is 8.78 Å². The number of nitrogens with zero attached hydrogens (tertiary/aromatic N) is 1. The second kappa shape index (κ2) is 5.74. The number of anilines is 1. The van der Waals surface area contributed by atoms with Gasteiger partial charge in [0.25, 0.3) is 0 Å². The van der Waals surface area contributed by atoms with Gasteiger partial charge in [-0.1, -0.05) is 24.3 Å². The molecular weight excluding hydrogens is 352 g/mol. The van der Waals surface area contributed by atoms with Crippen molar-refractivity contribution in [1.29, 1.82) is 0 Å². The summed E-state index contributed by atoms with van der Waals surface area (Å²) in [4.78, 5) is 15.3. The van der Waals surface area contributed by atoms with Crippen LogP contribution < -0.4 is 10.3 Å². The van der Waals surface area contributed by atoms with E-state index in [1.165, 1.54) is 6.07 Å². The smallest absolute Gasteiger partial charge is 0.194 e. The van der Waals surface area contributed by atoms with Crippen molar-refractivity contribution in [1.82, 2.24) is 0 Å². The van der Waals surface area contributed by atoms with Crippen LogP contribution in [-0.2, 0) is 0 Å². The largest absolute Gasteiger partial charge is 0.363 e. The lowest BCUT2D eigenvalue weighted by atomic mass is 10.1. The van der Waals surface area contributed by atoms with Gasteiger partial charge in [-0.15, -0.1) is 11.3 Å². The van der Waals surface area contributed by atoms with Crippen LogP contribution >= 0.6 is 11.3 Å². The standard InChI is InChI=1S/C21H15F2NOS/c22-16-8-7-14-18(19(16)23)15-11-17(24-9-3-4-10-24)26-21(15)13-6-2-1-5-12(13)20(14)25/h1-2,5-8,11H,3-4,9-10H2. The third kappa shape index (κ3) is 2.16. The van der Waals surface area contributed by atoms with Crippen molar-refractivity contribution in [2.24, 2.45) is 0 Å². The molecule has 26 heavy (non-hydrogen) atoms. The number of thiophene rings is 1. The maximum atomic E-state index is 14.8. The molecule has 0 spiro atoms. The summed E-state index contributed by atoms with van der Waals surface area (Å²) in [6.45, 7) is 1.94. The average Bonchev–Trinajstić information content (AvgIpc) is 3.31. The van der Waals surface area contributed by atoms with Crippen LogP contribution in [0.25, 0.3) is 31.6 Å². The van der Waals surface area contributed by atoms with Gasteiger partial charge in [0.05, 0.1) is 5.00 Å². The van der Waals surface area contributed by atoms with Crippen molar-refractivity contribution in [2.45, 2.75) is 12.8 Å². The molecule has 2 nitrogen and oxygen atoms in total. The van der Waals surface area contributed by atoms with Crippen LogP contribution in [0, 0.1) is 11.6 Å². The number of hydrogen-bond donors (Lipinski definition) is 0. The van der Waals surface area contributed by atoms with E-state index in [4.69, 9.17) is 0 Å². The Morgan fingerprint density at radius 3 is 2.38 bits per heavy atom. The zero-order valence-corrected chi connectivity index (χ0v) is 14.7. The molecule has 1 aliphatic rings. The SMILES string of the molecule is O=c1c2ccccc2c2sc(N3CCCC3)cc2c2c(F)c(F)ccc12. The first-order valence-corrected chi connectivity index (χ1v) is 9.48. The molecule has 4 aromatic rings. The van der Waals surface area contributed by atoms with Crippen molar-refractivity contribution in [3.05, 3.63) is 64.3 Å². The van der Waals surface area contributed by atoms with Crippen LogP contribution in [0.4, 0.5) is 13.8 Å².